The van der Waals surface area contributed by atoms with Crippen LogP contribution in [0.25, 0.3) is 0 Å². The molecule has 0 aromatic heterocycles. The summed E-state index contributed by atoms with van der Waals surface area (Å²) in [4.78, 5) is 0. The molecule has 8 heteroatoms. The Bertz CT molecular complexity index is 308. The lowest BCUT2D eigenvalue weighted by atomic mass is 10.3. The van der Waals surface area contributed by atoms with Gasteiger partial charge in [-0.2, -0.15) is 22.0 Å². The number of alkyl halides is 5. The van der Waals surface area contributed by atoms with E-state index in [-0.39, 0.29) is 0 Å². The van der Waals surface area contributed by atoms with E-state index in [1.54, 1.807) is 0 Å². The molecule has 0 heterocycles. The van der Waals surface area contributed by atoms with Gasteiger partial charge in [-0.05, 0) is 20.8 Å². The molecular weight excluding hydrogens is 231 g/mol. The molecule has 0 unspecified atom stereocenters. The summed E-state index contributed by atoms with van der Waals surface area (Å²) in [6, 6.07) is 0. The first kappa shape index (κ1) is 13.6. The summed E-state index contributed by atoms with van der Waals surface area (Å²) in [6.45, 7) is 2.34. The van der Waals surface area contributed by atoms with Gasteiger partial charge in [-0.1, -0.05) is 0 Å². The SMILES string of the molecule is CC(C)(C)S(=O)(=O)C(F)(F)C(F)(F)F. The molecule has 0 bridgehead atoms. The largest absolute Gasteiger partial charge is 0.469 e. The van der Waals surface area contributed by atoms with Crippen molar-refractivity contribution in [3.05, 3.63) is 0 Å². The normalized spacial score (nSPS) is 15.7. The van der Waals surface area contributed by atoms with Crippen LogP contribution in [0.4, 0.5) is 22.0 Å². The van der Waals surface area contributed by atoms with Gasteiger partial charge in [-0.3, -0.25) is 0 Å². The molecular formula is C6H9F5O2S. The smallest absolute Gasteiger partial charge is 0.222 e. The van der Waals surface area contributed by atoms with Crippen molar-refractivity contribution in [1.82, 2.24) is 0 Å². The van der Waals surface area contributed by atoms with E-state index in [0.29, 0.717) is 0 Å². The van der Waals surface area contributed by atoms with Gasteiger partial charge in [-0.25, -0.2) is 8.42 Å². The van der Waals surface area contributed by atoms with Gasteiger partial charge in [0, 0.05) is 0 Å². The molecule has 0 amide bonds. The monoisotopic (exact) mass is 240 g/mol. The van der Waals surface area contributed by atoms with Crippen LogP contribution in [0.1, 0.15) is 20.8 Å². The summed E-state index contributed by atoms with van der Waals surface area (Å²) in [7, 11) is -5.59. The van der Waals surface area contributed by atoms with Crippen molar-refractivity contribution in [3.8, 4) is 0 Å². The van der Waals surface area contributed by atoms with Crippen LogP contribution in [-0.4, -0.2) is 24.6 Å². The Morgan fingerprint density at radius 2 is 1.14 bits per heavy atom. The molecule has 0 aliphatic carbocycles. The van der Waals surface area contributed by atoms with Crippen molar-refractivity contribution in [2.75, 3.05) is 0 Å². The minimum atomic E-state index is -6.08. The lowest BCUT2D eigenvalue weighted by molar-refractivity contribution is -0.241. The highest BCUT2D eigenvalue weighted by molar-refractivity contribution is 7.93. The fraction of sp³-hybridized carbons (Fsp3) is 1.00. The van der Waals surface area contributed by atoms with E-state index < -0.39 is 26.0 Å². The van der Waals surface area contributed by atoms with Gasteiger partial charge in [0.15, 0.2) is 0 Å². The maximum atomic E-state index is 12.5. The average Bonchev–Trinajstić information content (AvgIpc) is 1.81. The van der Waals surface area contributed by atoms with Gasteiger partial charge >= 0.3 is 11.4 Å². The summed E-state index contributed by atoms with van der Waals surface area (Å²) in [6.07, 6.45) is -6.08. The van der Waals surface area contributed by atoms with Crippen molar-refractivity contribution in [3.63, 3.8) is 0 Å². The first-order chi connectivity index (χ1) is 5.75. The molecule has 2 nitrogen and oxygen atoms in total. The van der Waals surface area contributed by atoms with Gasteiger partial charge in [-0.15, -0.1) is 0 Å². The van der Waals surface area contributed by atoms with E-state index in [9.17, 15) is 30.4 Å². The van der Waals surface area contributed by atoms with Gasteiger partial charge in [0.1, 0.15) is 0 Å². The van der Waals surface area contributed by atoms with Crippen LogP contribution >= 0.6 is 0 Å². The quantitative estimate of drug-likeness (QED) is 0.659. The summed E-state index contributed by atoms with van der Waals surface area (Å²) in [5.41, 5.74) is 0. The van der Waals surface area contributed by atoms with E-state index in [4.69, 9.17) is 0 Å². The third kappa shape index (κ3) is 1.84. The third-order valence-corrected chi connectivity index (χ3v) is 3.99. The second-order valence-electron chi connectivity index (χ2n) is 3.63. The van der Waals surface area contributed by atoms with Gasteiger partial charge in [0.25, 0.3) is 0 Å². The summed E-state index contributed by atoms with van der Waals surface area (Å²) >= 11 is 0. The molecule has 0 saturated carbocycles. The highest BCUT2D eigenvalue weighted by Gasteiger charge is 2.69. The molecule has 0 N–H and O–H groups in total. The highest BCUT2D eigenvalue weighted by Crippen LogP contribution is 2.44. The molecule has 0 radical (unpaired) electrons. The molecule has 0 aliphatic rings. The Morgan fingerprint density at radius 3 is 1.21 bits per heavy atom. The molecule has 0 spiro atoms. The van der Waals surface area contributed by atoms with Crippen LogP contribution in [0.3, 0.4) is 0 Å². The number of hydrogen-bond donors (Lipinski definition) is 0. The Hall–Kier alpha value is -0.400. The molecule has 0 atom stereocenters. The zero-order valence-corrected chi connectivity index (χ0v) is 8.43. The summed E-state index contributed by atoms with van der Waals surface area (Å²) in [5.74, 6) is 0. The molecule has 0 aromatic carbocycles. The maximum Gasteiger partial charge on any atom is 0.469 e. The Kier molecular flexibility index (Phi) is 2.96. The van der Waals surface area contributed by atoms with E-state index in [1.165, 1.54) is 0 Å². The topological polar surface area (TPSA) is 34.1 Å². The van der Waals surface area contributed by atoms with Crippen LogP contribution in [-0.2, 0) is 9.84 Å². The van der Waals surface area contributed by atoms with Crippen molar-refractivity contribution in [2.45, 2.75) is 36.9 Å². The number of sulfone groups is 1. The Labute approximate surface area is 78.0 Å². The van der Waals surface area contributed by atoms with E-state index in [1.807, 2.05) is 0 Å². The average molecular weight is 240 g/mol. The molecule has 0 aliphatic heterocycles. The maximum absolute atomic E-state index is 12.5. The first-order valence-corrected chi connectivity index (χ1v) is 4.92. The van der Waals surface area contributed by atoms with Crippen molar-refractivity contribution in [1.29, 1.82) is 0 Å². The Morgan fingerprint density at radius 1 is 0.857 bits per heavy atom. The minimum absolute atomic E-state index is 0.780. The lowest BCUT2D eigenvalue weighted by Crippen LogP contribution is -2.51. The summed E-state index contributed by atoms with van der Waals surface area (Å²) < 4.78 is 79.7. The molecule has 86 valence electrons. The van der Waals surface area contributed by atoms with Crippen LogP contribution < -0.4 is 0 Å². The number of halogens is 5. The van der Waals surface area contributed by atoms with E-state index >= 15 is 0 Å². The Balaban J connectivity index is 5.56. The second-order valence-corrected chi connectivity index (χ2v) is 6.37. The van der Waals surface area contributed by atoms with Crippen LogP contribution in [0.5, 0.6) is 0 Å². The predicted octanol–water partition coefficient (Wildman–Crippen LogP) is 2.35. The standard InChI is InChI=1S/C6H9F5O2S/c1-4(2,3)14(12,13)6(10,11)5(7,8)9/h1-3H3. The van der Waals surface area contributed by atoms with Gasteiger partial charge in [0.2, 0.25) is 9.84 Å². The second kappa shape index (κ2) is 3.04. The molecule has 0 aromatic rings. The predicted molar refractivity (Wildman–Crippen MR) is 39.7 cm³/mol. The van der Waals surface area contributed by atoms with Crippen LogP contribution in [0, 0.1) is 0 Å². The highest BCUT2D eigenvalue weighted by atomic mass is 32.2. The van der Waals surface area contributed by atoms with Crippen LogP contribution in [0.15, 0.2) is 0 Å². The molecule has 0 rings (SSSR count). The zero-order valence-electron chi connectivity index (χ0n) is 7.61. The first-order valence-electron chi connectivity index (χ1n) is 3.44. The number of hydrogen-bond acceptors (Lipinski definition) is 2. The number of rotatable bonds is 1. The van der Waals surface area contributed by atoms with E-state index in [0.717, 1.165) is 20.8 Å². The molecule has 0 fully saturated rings. The summed E-state index contributed by atoms with van der Waals surface area (Å²) in [5, 5.41) is -5.71. The van der Waals surface area contributed by atoms with E-state index in [2.05, 4.69) is 0 Å². The van der Waals surface area contributed by atoms with Crippen molar-refractivity contribution in [2.24, 2.45) is 0 Å². The fourth-order valence-electron chi connectivity index (χ4n) is 0.537. The molecule has 14 heavy (non-hydrogen) atoms. The lowest BCUT2D eigenvalue weighted by Gasteiger charge is -2.27. The minimum Gasteiger partial charge on any atom is -0.222 e. The van der Waals surface area contributed by atoms with Crippen molar-refractivity contribution >= 4 is 9.84 Å². The van der Waals surface area contributed by atoms with Crippen LogP contribution in [0.2, 0.25) is 0 Å². The third-order valence-electron chi connectivity index (χ3n) is 1.47. The van der Waals surface area contributed by atoms with Gasteiger partial charge in [0.05, 0.1) is 4.75 Å². The molecule has 0 saturated heterocycles. The van der Waals surface area contributed by atoms with Gasteiger partial charge < -0.3 is 0 Å². The van der Waals surface area contributed by atoms with Crippen molar-refractivity contribution < 1.29 is 30.4 Å². The fourth-order valence-corrected chi connectivity index (χ4v) is 1.61. The zero-order chi connectivity index (χ0) is 12.0.